The molecule has 0 saturated carbocycles. The average Bonchev–Trinajstić information content (AvgIpc) is 2.98. The fraction of sp³-hybridized carbons (Fsp3) is 0.231. The van der Waals surface area contributed by atoms with Gasteiger partial charge in [0.25, 0.3) is 0 Å². The number of hydrogen-bond donors (Lipinski definition) is 2. The van der Waals surface area contributed by atoms with Gasteiger partial charge in [0, 0.05) is 43.3 Å². The van der Waals surface area contributed by atoms with Gasteiger partial charge < -0.3 is 5.73 Å². The first-order chi connectivity index (χ1) is 10.0. The summed E-state index contributed by atoms with van der Waals surface area (Å²) in [6.07, 6.45) is 6.02. The van der Waals surface area contributed by atoms with Gasteiger partial charge in [0.1, 0.15) is 4.90 Å². The number of aromatic nitrogens is 3. The molecule has 0 unspecified atom stereocenters. The Morgan fingerprint density at radius 3 is 2.86 bits per heavy atom. The Labute approximate surface area is 123 Å². The molecule has 0 aromatic carbocycles. The summed E-state index contributed by atoms with van der Waals surface area (Å²) in [7, 11) is -2.13. The zero-order valence-corrected chi connectivity index (χ0v) is 12.3. The molecule has 8 heteroatoms. The summed E-state index contributed by atoms with van der Waals surface area (Å²) in [5.41, 5.74) is 6.58. The van der Waals surface area contributed by atoms with Gasteiger partial charge in [-0.25, -0.2) is 8.42 Å². The van der Waals surface area contributed by atoms with Crippen LogP contribution in [0.4, 0.5) is 0 Å². The van der Waals surface area contributed by atoms with Crippen molar-refractivity contribution in [2.75, 3.05) is 13.6 Å². The summed E-state index contributed by atoms with van der Waals surface area (Å²) in [5.74, 6) is 5.43. The van der Waals surface area contributed by atoms with Crippen molar-refractivity contribution in [3.63, 3.8) is 0 Å². The number of sulfonamides is 1. The number of nitrogens with two attached hydrogens (primary N) is 1. The molecular formula is C13H15N5O2S. The summed E-state index contributed by atoms with van der Waals surface area (Å²) in [4.78, 5) is 4.01. The molecule has 2 rings (SSSR count). The molecular weight excluding hydrogens is 290 g/mol. The summed E-state index contributed by atoms with van der Waals surface area (Å²) >= 11 is 0. The van der Waals surface area contributed by atoms with E-state index in [9.17, 15) is 8.42 Å². The van der Waals surface area contributed by atoms with Gasteiger partial charge in [0.15, 0.2) is 0 Å². The van der Waals surface area contributed by atoms with E-state index in [2.05, 4.69) is 27.0 Å². The zero-order chi connectivity index (χ0) is 15.3. The van der Waals surface area contributed by atoms with E-state index in [1.54, 1.807) is 12.4 Å². The predicted molar refractivity (Wildman–Crippen MR) is 77.4 cm³/mol. The van der Waals surface area contributed by atoms with E-state index in [0.29, 0.717) is 5.56 Å². The monoisotopic (exact) mass is 305 g/mol. The highest BCUT2D eigenvalue weighted by molar-refractivity contribution is 7.89. The molecule has 3 N–H and O–H groups in total. The lowest BCUT2D eigenvalue weighted by Gasteiger charge is -2.16. The Hall–Kier alpha value is -2.21. The topological polar surface area (TPSA) is 105 Å². The Balaban J connectivity index is 2.26. The van der Waals surface area contributed by atoms with E-state index >= 15 is 0 Å². The van der Waals surface area contributed by atoms with Crippen LogP contribution in [0.25, 0.3) is 0 Å². The molecule has 0 bridgehead atoms. The van der Waals surface area contributed by atoms with E-state index in [4.69, 9.17) is 5.73 Å². The van der Waals surface area contributed by atoms with Crippen molar-refractivity contribution in [2.24, 2.45) is 5.73 Å². The standard InChI is InChI=1S/C13H15N5O2S/c1-18(10-12-7-16-17-8-12)21(19,20)13-5-11(3-2-4-14)6-15-9-13/h5-9H,4,10,14H2,1H3,(H,16,17). The first-order valence-electron chi connectivity index (χ1n) is 6.12. The van der Waals surface area contributed by atoms with Crippen molar-refractivity contribution < 1.29 is 8.42 Å². The van der Waals surface area contributed by atoms with E-state index < -0.39 is 10.0 Å². The normalized spacial score (nSPS) is 11.2. The summed E-state index contributed by atoms with van der Waals surface area (Å²) in [6, 6.07) is 1.48. The molecule has 0 atom stereocenters. The smallest absolute Gasteiger partial charge is 0.244 e. The molecule has 0 spiro atoms. The van der Waals surface area contributed by atoms with Crippen LogP contribution in [-0.4, -0.2) is 41.5 Å². The van der Waals surface area contributed by atoms with E-state index in [0.717, 1.165) is 5.56 Å². The molecule has 21 heavy (non-hydrogen) atoms. The zero-order valence-electron chi connectivity index (χ0n) is 11.4. The molecule has 2 heterocycles. The largest absolute Gasteiger partial charge is 0.320 e. The van der Waals surface area contributed by atoms with Gasteiger partial charge in [0.2, 0.25) is 10.0 Å². The van der Waals surface area contributed by atoms with Crippen LogP contribution in [0.15, 0.2) is 35.7 Å². The number of aromatic amines is 1. The number of pyridine rings is 1. The molecule has 2 aromatic rings. The fourth-order valence-corrected chi connectivity index (χ4v) is 2.82. The highest BCUT2D eigenvalue weighted by Gasteiger charge is 2.21. The van der Waals surface area contributed by atoms with Crippen LogP contribution in [0.2, 0.25) is 0 Å². The highest BCUT2D eigenvalue weighted by Crippen LogP contribution is 2.16. The third kappa shape index (κ3) is 3.66. The SMILES string of the molecule is CN(Cc1cn[nH]c1)S(=O)(=O)c1cncc(C#CCN)c1. The Morgan fingerprint density at radius 1 is 1.38 bits per heavy atom. The van der Waals surface area contributed by atoms with Gasteiger partial charge in [0.05, 0.1) is 12.7 Å². The number of hydrogen-bond acceptors (Lipinski definition) is 5. The Morgan fingerprint density at radius 2 is 2.19 bits per heavy atom. The van der Waals surface area contributed by atoms with Crippen molar-refractivity contribution >= 4 is 10.0 Å². The number of H-pyrrole nitrogens is 1. The van der Waals surface area contributed by atoms with Crippen molar-refractivity contribution in [1.82, 2.24) is 19.5 Å². The van der Waals surface area contributed by atoms with E-state index in [-0.39, 0.29) is 18.0 Å². The molecule has 0 aliphatic carbocycles. The number of rotatable bonds is 4. The number of nitrogens with zero attached hydrogens (tertiary/aromatic N) is 3. The van der Waals surface area contributed by atoms with E-state index in [1.807, 2.05) is 0 Å². The minimum Gasteiger partial charge on any atom is -0.320 e. The second kappa shape index (κ2) is 6.49. The van der Waals surface area contributed by atoms with Crippen molar-refractivity contribution in [3.05, 3.63) is 42.0 Å². The second-order valence-corrected chi connectivity index (χ2v) is 6.33. The summed E-state index contributed by atoms with van der Waals surface area (Å²) in [6.45, 7) is 0.426. The maximum Gasteiger partial charge on any atom is 0.244 e. The number of nitrogens with one attached hydrogen (secondary N) is 1. The highest BCUT2D eigenvalue weighted by atomic mass is 32.2. The molecule has 0 aliphatic heterocycles. The van der Waals surface area contributed by atoms with Crippen LogP contribution in [0.5, 0.6) is 0 Å². The van der Waals surface area contributed by atoms with Gasteiger partial charge >= 0.3 is 0 Å². The van der Waals surface area contributed by atoms with Crippen molar-refractivity contribution in [1.29, 1.82) is 0 Å². The Kier molecular flexibility index (Phi) is 4.70. The lowest BCUT2D eigenvalue weighted by molar-refractivity contribution is 0.466. The summed E-state index contributed by atoms with van der Waals surface area (Å²) < 4.78 is 26.2. The lowest BCUT2D eigenvalue weighted by Crippen LogP contribution is -2.26. The quantitative estimate of drug-likeness (QED) is 0.770. The van der Waals surface area contributed by atoms with Gasteiger partial charge in [-0.15, -0.1) is 0 Å². The third-order valence-electron chi connectivity index (χ3n) is 2.72. The van der Waals surface area contributed by atoms with Gasteiger partial charge in [-0.2, -0.15) is 9.40 Å². The van der Waals surface area contributed by atoms with Crippen LogP contribution >= 0.6 is 0 Å². The van der Waals surface area contributed by atoms with Gasteiger partial charge in [-0.3, -0.25) is 10.1 Å². The molecule has 110 valence electrons. The second-order valence-electron chi connectivity index (χ2n) is 4.28. The van der Waals surface area contributed by atoms with Gasteiger partial charge in [-0.1, -0.05) is 11.8 Å². The fourth-order valence-electron chi connectivity index (χ4n) is 1.67. The predicted octanol–water partition coefficient (Wildman–Crippen LogP) is -0.0644. The van der Waals surface area contributed by atoms with Crippen LogP contribution in [0, 0.1) is 11.8 Å². The first-order valence-corrected chi connectivity index (χ1v) is 7.56. The molecule has 0 amide bonds. The minimum absolute atomic E-state index is 0.0947. The molecule has 7 nitrogen and oxygen atoms in total. The van der Waals surface area contributed by atoms with Crippen LogP contribution in [0.3, 0.4) is 0 Å². The van der Waals surface area contributed by atoms with Crippen LogP contribution in [-0.2, 0) is 16.6 Å². The van der Waals surface area contributed by atoms with Crippen LogP contribution < -0.4 is 5.73 Å². The van der Waals surface area contributed by atoms with E-state index in [1.165, 1.54) is 29.8 Å². The molecule has 0 fully saturated rings. The third-order valence-corrected chi connectivity index (χ3v) is 4.48. The first kappa shape index (κ1) is 15.2. The molecule has 2 aromatic heterocycles. The maximum atomic E-state index is 12.5. The van der Waals surface area contributed by atoms with Crippen molar-refractivity contribution in [2.45, 2.75) is 11.4 Å². The van der Waals surface area contributed by atoms with Gasteiger partial charge in [-0.05, 0) is 6.07 Å². The molecule has 0 radical (unpaired) electrons. The molecule has 0 saturated heterocycles. The summed E-state index contributed by atoms with van der Waals surface area (Å²) in [5, 5.41) is 6.43. The average molecular weight is 305 g/mol. The van der Waals surface area contributed by atoms with Crippen LogP contribution in [0.1, 0.15) is 11.1 Å². The van der Waals surface area contributed by atoms with Crippen molar-refractivity contribution in [3.8, 4) is 11.8 Å². The maximum absolute atomic E-state index is 12.5. The minimum atomic E-state index is -3.63. The molecule has 0 aliphatic rings. The Bertz CT molecular complexity index is 759. The lowest BCUT2D eigenvalue weighted by atomic mass is 10.3.